The van der Waals surface area contributed by atoms with E-state index in [1.165, 1.54) is 51.4 Å². The topological polar surface area (TPSA) is 61.1 Å². The van der Waals surface area contributed by atoms with E-state index in [0.717, 1.165) is 37.8 Å². The lowest BCUT2D eigenvalue weighted by molar-refractivity contribution is -0.686. The highest BCUT2D eigenvalue weighted by Gasteiger charge is 2.12. The van der Waals surface area contributed by atoms with Gasteiger partial charge in [-0.1, -0.05) is 57.4 Å². The van der Waals surface area contributed by atoms with Crippen LogP contribution in [0.5, 0.6) is 0 Å². The minimum atomic E-state index is 0.209. The van der Waals surface area contributed by atoms with Crippen LogP contribution in [0.3, 0.4) is 0 Å². The Balaban J connectivity index is 2.52. The number of aliphatic hydroxyl groups excluding tert-OH is 1. The second-order valence-electron chi connectivity index (χ2n) is 6.38. The van der Waals surface area contributed by atoms with Crippen molar-refractivity contribution in [1.29, 1.82) is 0 Å². The second-order valence-corrected chi connectivity index (χ2v) is 6.38. The number of hydrogen-bond acceptors (Lipinski definition) is 4. The SMILES string of the molecule is CCCCCCNc1cc[n+](CCCO)c(NCCCCCC)n1. The predicted molar refractivity (Wildman–Crippen MR) is 101 cm³/mol. The van der Waals surface area contributed by atoms with Gasteiger partial charge in [-0.2, -0.15) is 0 Å². The van der Waals surface area contributed by atoms with E-state index < -0.39 is 0 Å². The molecule has 1 aromatic rings. The molecule has 138 valence electrons. The minimum absolute atomic E-state index is 0.209. The summed E-state index contributed by atoms with van der Waals surface area (Å²) in [4.78, 5) is 4.72. The Morgan fingerprint density at radius 2 is 1.58 bits per heavy atom. The number of unbranched alkanes of at least 4 members (excludes halogenated alkanes) is 6. The zero-order valence-electron chi connectivity index (χ0n) is 15.7. The van der Waals surface area contributed by atoms with Gasteiger partial charge in [-0.3, -0.25) is 5.32 Å². The Labute approximate surface area is 147 Å². The van der Waals surface area contributed by atoms with Gasteiger partial charge < -0.3 is 10.4 Å². The molecular formula is C19H37N4O+. The highest BCUT2D eigenvalue weighted by molar-refractivity contribution is 5.36. The number of rotatable bonds is 15. The molecule has 0 fully saturated rings. The smallest absolute Gasteiger partial charge is 0.393 e. The van der Waals surface area contributed by atoms with Crippen LogP contribution in [0.1, 0.15) is 71.6 Å². The van der Waals surface area contributed by atoms with Crippen molar-refractivity contribution >= 4 is 11.8 Å². The quantitative estimate of drug-likeness (QED) is 0.337. The third kappa shape index (κ3) is 9.06. The van der Waals surface area contributed by atoms with Crippen LogP contribution in [0.2, 0.25) is 0 Å². The molecule has 1 aromatic heterocycles. The van der Waals surface area contributed by atoms with Gasteiger partial charge >= 0.3 is 5.95 Å². The number of aliphatic hydroxyl groups is 1. The fourth-order valence-electron chi connectivity index (χ4n) is 2.63. The molecule has 0 amide bonds. The summed E-state index contributed by atoms with van der Waals surface area (Å²) in [5.41, 5.74) is 0. The summed E-state index contributed by atoms with van der Waals surface area (Å²) in [5, 5.41) is 16.0. The van der Waals surface area contributed by atoms with Gasteiger partial charge in [-0.05, 0) is 12.8 Å². The largest absolute Gasteiger partial charge is 0.396 e. The van der Waals surface area contributed by atoms with Crippen molar-refractivity contribution in [2.75, 3.05) is 30.3 Å². The summed E-state index contributed by atoms with van der Waals surface area (Å²) < 4.78 is 2.10. The number of aromatic nitrogens is 2. The van der Waals surface area contributed by atoms with E-state index in [-0.39, 0.29) is 6.61 Å². The van der Waals surface area contributed by atoms with E-state index in [1.807, 2.05) is 6.07 Å². The molecular weight excluding hydrogens is 300 g/mol. The van der Waals surface area contributed by atoms with Gasteiger partial charge in [-0.25, -0.2) is 4.57 Å². The average Bonchev–Trinajstić information content (AvgIpc) is 2.60. The van der Waals surface area contributed by atoms with E-state index in [0.29, 0.717) is 0 Å². The highest BCUT2D eigenvalue weighted by Crippen LogP contribution is 2.07. The van der Waals surface area contributed by atoms with E-state index in [9.17, 15) is 0 Å². The maximum Gasteiger partial charge on any atom is 0.393 e. The van der Waals surface area contributed by atoms with Gasteiger partial charge in [0.1, 0.15) is 0 Å². The lowest BCUT2D eigenvalue weighted by Crippen LogP contribution is -2.39. The molecule has 0 aliphatic heterocycles. The number of aryl methyl sites for hydroxylation is 1. The number of nitrogens with zero attached hydrogens (tertiary/aromatic N) is 2. The van der Waals surface area contributed by atoms with Crippen LogP contribution in [0.25, 0.3) is 0 Å². The molecule has 0 aliphatic rings. The zero-order chi connectivity index (χ0) is 17.5. The fourth-order valence-corrected chi connectivity index (χ4v) is 2.63. The van der Waals surface area contributed by atoms with Crippen molar-refractivity contribution in [3.8, 4) is 0 Å². The average molecular weight is 338 g/mol. The molecule has 0 aromatic carbocycles. The van der Waals surface area contributed by atoms with E-state index in [1.54, 1.807) is 0 Å². The highest BCUT2D eigenvalue weighted by atomic mass is 16.3. The molecule has 5 heteroatoms. The number of hydrogen-bond donors (Lipinski definition) is 3. The monoisotopic (exact) mass is 337 g/mol. The first-order valence-electron chi connectivity index (χ1n) is 9.80. The van der Waals surface area contributed by atoms with E-state index in [2.05, 4.69) is 35.2 Å². The molecule has 1 heterocycles. The third-order valence-corrected chi connectivity index (χ3v) is 4.12. The van der Waals surface area contributed by atoms with Gasteiger partial charge in [0.15, 0.2) is 0 Å². The molecule has 5 nitrogen and oxygen atoms in total. The molecule has 0 radical (unpaired) electrons. The van der Waals surface area contributed by atoms with E-state index in [4.69, 9.17) is 10.1 Å². The molecule has 0 unspecified atom stereocenters. The molecule has 1 rings (SSSR count). The number of nitrogens with one attached hydrogen (secondary N) is 2. The van der Waals surface area contributed by atoms with Gasteiger partial charge in [0.25, 0.3) is 0 Å². The molecule has 0 aliphatic carbocycles. The Hall–Kier alpha value is -1.36. The van der Waals surface area contributed by atoms with E-state index >= 15 is 0 Å². The lowest BCUT2D eigenvalue weighted by Gasteiger charge is -2.08. The predicted octanol–water partition coefficient (Wildman–Crippen LogP) is 3.74. The summed E-state index contributed by atoms with van der Waals surface area (Å²) in [7, 11) is 0. The first-order valence-corrected chi connectivity index (χ1v) is 9.80. The van der Waals surface area contributed by atoms with Crippen LogP contribution in [0.15, 0.2) is 12.3 Å². The van der Waals surface area contributed by atoms with Gasteiger partial charge in [-0.15, -0.1) is 0 Å². The zero-order valence-corrected chi connectivity index (χ0v) is 15.7. The Morgan fingerprint density at radius 1 is 0.917 bits per heavy atom. The van der Waals surface area contributed by atoms with Crippen molar-refractivity contribution in [3.63, 3.8) is 0 Å². The van der Waals surface area contributed by atoms with Crippen molar-refractivity contribution in [2.24, 2.45) is 0 Å². The van der Waals surface area contributed by atoms with Crippen LogP contribution >= 0.6 is 0 Å². The molecule has 0 saturated heterocycles. The van der Waals surface area contributed by atoms with Gasteiger partial charge in [0.2, 0.25) is 5.82 Å². The number of anilines is 2. The summed E-state index contributed by atoms with van der Waals surface area (Å²) in [5.74, 6) is 1.83. The standard InChI is InChI=1S/C19H36N4O/c1-3-5-7-9-13-20-18-12-16-23(15-11-17-24)19(22-18)21-14-10-8-6-4-2/h12,16,24H,3-11,13-15,17H2,1-2H3,(H,20,21,22)/p+1. The van der Waals surface area contributed by atoms with Crippen molar-refractivity contribution < 1.29 is 9.67 Å². The summed E-state index contributed by atoms with van der Waals surface area (Å²) in [6, 6.07) is 2.03. The van der Waals surface area contributed by atoms with Crippen LogP contribution in [-0.2, 0) is 6.54 Å². The van der Waals surface area contributed by atoms with Crippen LogP contribution < -0.4 is 15.2 Å². The molecule has 0 spiro atoms. The Kier molecular flexibility index (Phi) is 12.1. The van der Waals surface area contributed by atoms with Crippen LogP contribution in [0, 0.1) is 0 Å². The summed E-state index contributed by atoms with van der Waals surface area (Å²) in [6.07, 6.45) is 12.8. The van der Waals surface area contributed by atoms with Crippen molar-refractivity contribution in [3.05, 3.63) is 12.3 Å². The third-order valence-electron chi connectivity index (χ3n) is 4.12. The maximum absolute atomic E-state index is 9.07. The Morgan fingerprint density at radius 3 is 2.21 bits per heavy atom. The van der Waals surface area contributed by atoms with Crippen LogP contribution in [0.4, 0.5) is 11.8 Å². The second kappa shape index (κ2) is 14.0. The van der Waals surface area contributed by atoms with Gasteiger partial charge in [0, 0.05) is 25.6 Å². The maximum atomic E-state index is 9.07. The first-order chi connectivity index (χ1) is 11.8. The molecule has 3 N–H and O–H groups in total. The van der Waals surface area contributed by atoms with Crippen molar-refractivity contribution in [1.82, 2.24) is 4.98 Å². The molecule has 24 heavy (non-hydrogen) atoms. The molecule has 0 saturated carbocycles. The molecule has 0 bridgehead atoms. The van der Waals surface area contributed by atoms with Crippen LogP contribution in [-0.4, -0.2) is 29.8 Å². The fraction of sp³-hybridized carbons (Fsp3) is 0.789. The Bertz CT molecular complexity index is 426. The normalized spacial score (nSPS) is 10.8. The van der Waals surface area contributed by atoms with Gasteiger partial charge in [0.05, 0.1) is 19.3 Å². The van der Waals surface area contributed by atoms with Crippen molar-refractivity contribution in [2.45, 2.75) is 78.2 Å². The summed E-state index contributed by atoms with van der Waals surface area (Å²) in [6.45, 7) is 7.39. The summed E-state index contributed by atoms with van der Waals surface area (Å²) >= 11 is 0. The lowest BCUT2D eigenvalue weighted by atomic mass is 10.2. The first kappa shape index (κ1) is 20.7. The minimum Gasteiger partial charge on any atom is -0.396 e. The molecule has 0 atom stereocenters.